The van der Waals surface area contributed by atoms with Crippen molar-refractivity contribution in [3.8, 4) is 47.7 Å². The summed E-state index contributed by atoms with van der Waals surface area (Å²) in [4.78, 5) is 63.9. The molecular weight excluding hydrogens is 1210 g/mol. The van der Waals surface area contributed by atoms with E-state index in [1.807, 2.05) is 84.9 Å². The number of fused-ring (bicyclic) bond motifs is 2. The van der Waals surface area contributed by atoms with Crippen molar-refractivity contribution in [3.05, 3.63) is 144 Å². The number of esters is 4. The van der Waals surface area contributed by atoms with E-state index in [2.05, 4.69) is 37.9 Å². The first kappa shape index (κ1) is 76.4. The van der Waals surface area contributed by atoms with Gasteiger partial charge >= 0.3 is 23.9 Å². The summed E-state index contributed by atoms with van der Waals surface area (Å²) in [6.07, 6.45) is 30.3. The molecule has 0 spiro atoms. The van der Waals surface area contributed by atoms with Gasteiger partial charge < -0.3 is 52.7 Å². The quantitative estimate of drug-likeness (QED) is 0.0164. The summed E-state index contributed by atoms with van der Waals surface area (Å²) < 4.78 is 58.3. The number of rotatable bonds is 49. The molecule has 6 aromatic rings. The zero-order valence-corrected chi connectivity index (χ0v) is 57.1. The topological polar surface area (TPSA) is 190 Å². The molecule has 0 aliphatic rings. The van der Waals surface area contributed by atoms with Gasteiger partial charge in [0.2, 0.25) is 5.91 Å². The van der Waals surface area contributed by atoms with E-state index in [-0.39, 0.29) is 102 Å². The Kier molecular flexibility index (Phi) is 35.2. The van der Waals surface area contributed by atoms with Crippen molar-refractivity contribution >= 4 is 51.3 Å². The van der Waals surface area contributed by atoms with Gasteiger partial charge in [0.1, 0.15) is 62.6 Å². The molecule has 96 heavy (non-hydrogen) atoms. The van der Waals surface area contributed by atoms with Gasteiger partial charge in [0.15, 0.2) is 12.2 Å². The molecule has 0 bridgehead atoms. The van der Waals surface area contributed by atoms with E-state index in [9.17, 15) is 24.0 Å². The van der Waals surface area contributed by atoms with Crippen molar-refractivity contribution < 1.29 is 71.3 Å². The van der Waals surface area contributed by atoms with Crippen LogP contribution in [0.1, 0.15) is 194 Å². The lowest BCUT2D eigenvalue weighted by Crippen LogP contribution is -2.30. The van der Waals surface area contributed by atoms with Crippen molar-refractivity contribution in [2.24, 2.45) is 0 Å². The predicted molar refractivity (Wildman–Crippen MR) is 376 cm³/mol. The number of nitrogens with one attached hydrogen (secondary N) is 1. The largest absolute Gasteiger partial charge is 0.491 e. The molecule has 0 radical (unpaired) electrons. The Morgan fingerprint density at radius 3 is 1.19 bits per heavy atom. The highest BCUT2D eigenvalue weighted by atomic mass is 16.6. The van der Waals surface area contributed by atoms with Crippen LogP contribution < -0.4 is 24.3 Å². The van der Waals surface area contributed by atoms with Crippen LogP contribution in [0.4, 0.5) is 0 Å². The molecule has 1 N–H and O–H groups in total. The van der Waals surface area contributed by atoms with E-state index in [1.54, 1.807) is 36.4 Å². The molecule has 16 nitrogen and oxygen atoms in total. The van der Waals surface area contributed by atoms with Crippen LogP contribution in [0.5, 0.6) is 23.0 Å². The van der Waals surface area contributed by atoms with Crippen LogP contribution in [0.25, 0.3) is 21.5 Å². The molecule has 2 atom stereocenters. The number of carbonyl (C=O) groups is 5. The molecule has 0 aliphatic heterocycles. The maximum atomic E-state index is 13.3. The summed E-state index contributed by atoms with van der Waals surface area (Å²) in [7, 11) is 0. The van der Waals surface area contributed by atoms with Crippen LogP contribution in [0.3, 0.4) is 0 Å². The summed E-state index contributed by atoms with van der Waals surface area (Å²) in [5, 5.41) is 6.24. The van der Waals surface area contributed by atoms with Gasteiger partial charge in [-0.3, -0.25) is 14.4 Å². The van der Waals surface area contributed by atoms with E-state index in [0.29, 0.717) is 40.5 Å². The van der Waals surface area contributed by atoms with Gasteiger partial charge in [-0.25, -0.2) is 9.59 Å². The lowest BCUT2D eigenvalue weighted by Gasteiger charge is -2.26. The summed E-state index contributed by atoms with van der Waals surface area (Å²) in [6.45, 7) is 9.59. The zero-order valence-electron chi connectivity index (χ0n) is 57.1. The molecule has 0 heterocycles. The molecule has 0 fully saturated rings. The molecule has 0 aromatic heterocycles. The number of terminal acetylenes is 2. The Labute approximate surface area is 569 Å². The van der Waals surface area contributed by atoms with Gasteiger partial charge in [0, 0.05) is 31.7 Å². The van der Waals surface area contributed by atoms with Crippen LogP contribution in [0, 0.1) is 24.7 Å². The molecule has 2 unspecified atom stereocenters. The maximum Gasteiger partial charge on any atom is 0.338 e. The predicted octanol–water partition coefficient (Wildman–Crippen LogP) is 16.0. The van der Waals surface area contributed by atoms with Crippen molar-refractivity contribution in [2.75, 3.05) is 72.6 Å². The fraction of sp³-hybridized carbons (Fsp3) is 0.487. The molecule has 0 aliphatic carbocycles. The van der Waals surface area contributed by atoms with Crippen LogP contribution in [0.15, 0.2) is 121 Å². The number of benzene rings is 6. The van der Waals surface area contributed by atoms with E-state index in [4.69, 9.17) is 60.2 Å². The van der Waals surface area contributed by atoms with Crippen molar-refractivity contribution in [2.45, 2.75) is 180 Å². The van der Waals surface area contributed by atoms with Gasteiger partial charge in [-0.05, 0) is 125 Å². The standard InChI is InChI=1S/C80H101NO15/c1-7-10-11-12-13-14-16-19-22-25-28-76(83)95-74(59-93-78(85)66-32-30-64-55-72(89-47-8-2)40-34-62(64)53-66)57-87-49-51-91-70-42-36-68(37-43-70)80(5,6)69-38-44-71(45-39-69)92-52-50-88-58-75(96-77(84)29-26-23-20-17-15-18-21-24-27-46-81-61(4)82)60-94-79(86)67-33-31-65-56-73(90-48-9-3)41-35-63(65)54-67/h2-3,30-45,53-56,74-75H,7,10-29,46-52,57-60H2,1,4-6H3,(H,81,82). The first-order chi connectivity index (χ1) is 46.7. The van der Waals surface area contributed by atoms with E-state index < -0.39 is 24.1 Å². The van der Waals surface area contributed by atoms with Crippen molar-refractivity contribution in [1.29, 1.82) is 0 Å². The van der Waals surface area contributed by atoms with Crippen LogP contribution in [-0.2, 0) is 48.2 Å². The number of hydrogen-bond donors (Lipinski definition) is 1. The molecule has 6 rings (SSSR count). The summed E-state index contributed by atoms with van der Waals surface area (Å²) in [5.74, 6) is 5.67. The number of amides is 1. The van der Waals surface area contributed by atoms with E-state index in [0.717, 1.165) is 116 Å². The zero-order chi connectivity index (χ0) is 68.4. The summed E-state index contributed by atoms with van der Waals surface area (Å²) >= 11 is 0. The number of carbonyl (C=O) groups excluding carboxylic acids is 5. The second kappa shape index (κ2) is 44.2. The van der Waals surface area contributed by atoms with Gasteiger partial charge in [0.25, 0.3) is 0 Å². The average molecular weight is 1320 g/mol. The lowest BCUT2D eigenvalue weighted by atomic mass is 9.78. The second-order valence-corrected chi connectivity index (χ2v) is 24.7. The third-order valence-corrected chi connectivity index (χ3v) is 16.6. The first-order valence-corrected chi connectivity index (χ1v) is 34.5. The molecule has 6 aromatic carbocycles. The second-order valence-electron chi connectivity index (χ2n) is 24.7. The Hall–Kier alpha value is -8.57. The highest BCUT2D eigenvalue weighted by Gasteiger charge is 2.25. The normalized spacial score (nSPS) is 11.8. The number of ether oxygens (including phenoxy) is 10. The van der Waals surface area contributed by atoms with Gasteiger partial charge in [-0.2, -0.15) is 0 Å². The minimum absolute atomic E-state index is 0.00226. The first-order valence-electron chi connectivity index (χ1n) is 34.5. The van der Waals surface area contributed by atoms with Gasteiger partial charge in [-0.1, -0.05) is 184 Å². The van der Waals surface area contributed by atoms with Crippen LogP contribution >= 0.6 is 0 Å². The monoisotopic (exact) mass is 1320 g/mol. The SMILES string of the molecule is C#CCOc1ccc2cc(C(=O)OCC(COCCOc3ccc(C(C)(C)c4ccc(OCCOCC(COC(=O)c5ccc6cc(OCC#C)ccc6c5)OC(=O)CCCCCCCCCCCNC(C)=O)cc4)cc3)OC(=O)CCCCCCCCCCCC)ccc2c1. The Bertz CT molecular complexity index is 3380. The number of hydrogen-bond acceptors (Lipinski definition) is 15. The highest BCUT2D eigenvalue weighted by Crippen LogP contribution is 2.34. The fourth-order valence-electron chi connectivity index (χ4n) is 11.0. The smallest absolute Gasteiger partial charge is 0.338 e. The maximum absolute atomic E-state index is 13.3. The van der Waals surface area contributed by atoms with Gasteiger partial charge in [0.05, 0.1) is 37.6 Å². The summed E-state index contributed by atoms with van der Waals surface area (Å²) in [5.41, 5.74) is 2.48. The molecule has 516 valence electrons. The minimum Gasteiger partial charge on any atom is -0.491 e. The van der Waals surface area contributed by atoms with E-state index >= 15 is 0 Å². The fourth-order valence-corrected chi connectivity index (χ4v) is 11.0. The molecular formula is C80H101NO15. The molecule has 16 heteroatoms. The Morgan fingerprint density at radius 1 is 0.427 bits per heavy atom. The highest BCUT2D eigenvalue weighted by molar-refractivity contribution is 5.96. The third-order valence-electron chi connectivity index (χ3n) is 16.6. The molecule has 0 saturated carbocycles. The van der Waals surface area contributed by atoms with Gasteiger partial charge in [-0.15, -0.1) is 12.8 Å². The van der Waals surface area contributed by atoms with E-state index in [1.165, 1.54) is 45.4 Å². The van der Waals surface area contributed by atoms with Crippen LogP contribution in [-0.4, -0.2) is 115 Å². The average Bonchev–Trinajstić information content (AvgIpc) is 0.937. The molecule has 1 amide bonds. The Balaban J connectivity index is 0.930. The Morgan fingerprint density at radius 2 is 0.792 bits per heavy atom. The molecule has 0 saturated heterocycles. The van der Waals surface area contributed by atoms with Crippen LogP contribution in [0.2, 0.25) is 0 Å². The van der Waals surface area contributed by atoms with Crippen molar-refractivity contribution in [3.63, 3.8) is 0 Å². The van der Waals surface area contributed by atoms with Crippen molar-refractivity contribution in [1.82, 2.24) is 5.32 Å². The number of unbranched alkanes of at least 4 members (excludes halogenated alkanes) is 17. The third kappa shape index (κ3) is 29.2. The summed E-state index contributed by atoms with van der Waals surface area (Å²) in [6, 6.07) is 37.3. The lowest BCUT2D eigenvalue weighted by molar-refractivity contribution is -0.156. The minimum atomic E-state index is -0.834.